The van der Waals surface area contributed by atoms with Crippen molar-refractivity contribution in [3.8, 4) is 5.75 Å². The maximum atomic E-state index is 12.9. The Labute approximate surface area is 198 Å². The van der Waals surface area contributed by atoms with Crippen LogP contribution in [0.5, 0.6) is 5.75 Å². The summed E-state index contributed by atoms with van der Waals surface area (Å²) >= 11 is 0. The topological polar surface area (TPSA) is 114 Å². The Balaban J connectivity index is 1.68. The van der Waals surface area contributed by atoms with Crippen molar-refractivity contribution in [3.05, 3.63) is 95.6 Å². The maximum Gasteiger partial charge on any atom is 0.308 e. The second-order valence-corrected chi connectivity index (χ2v) is 9.27. The molecule has 3 aromatic carbocycles. The van der Waals surface area contributed by atoms with E-state index in [1.54, 1.807) is 60.7 Å². The molecule has 0 aliphatic carbocycles. The van der Waals surface area contributed by atoms with Crippen molar-refractivity contribution in [2.24, 2.45) is 5.10 Å². The first-order valence-corrected chi connectivity index (χ1v) is 12.0. The maximum absolute atomic E-state index is 12.9. The number of ether oxygens (including phenoxy) is 1. The predicted octanol–water partition coefficient (Wildman–Crippen LogP) is 3.48. The van der Waals surface area contributed by atoms with E-state index >= 15 is 0 Å². The van der Waals surface area contributed by atoms with E-state index < -0.39 is 27.9 Å². The lowest BCUT2D eigenvalue weighted by atomic mass is 10.0. The zero-order chi connectivity index (χ0) is 24.6. The Bertz CT molecular complexity index is 1260. The highest BCUT2D eigenvalue weighted by atomic mass is 32.2. The van der Waals surface area contributed by atoms with Gasteiger partial charge in [-0.25, -0.2) is 18.6 Å². The lowest BCUT2D eigenvalue weighted by Crippen LogP contribution is -2.32. The van der Waals surface area contributed by atoms with Gasteiger partial charge in [0, 0.05) is 13.3 Å². The average molecular weight is 480 g/mol. The molecule has 0 bridgehead atoms. The largest absolute Gasteiger partial charge is 0.427 e. The number of nitrogens with one attached hydrogen (secondary N) is 2. The van der Waals surface area contributed by atoms with Crippen molar-refractivity contribution >= 4 is 28.1 Å². The highest BCUT2D eigenvalue weighted by molar-refractivity contribution is 7.89. The summed E-state index contributed by atoms with van der Waals surface area (Å²) in [5, 5.41) is 3.93. The lowest BCUT2D eigenvalue weighted by Gasteiger charge is -2.18. The SMILES string of the molecule is CC(=O)Oc1ccc(/C=N\NC(=O)C[C@@H](NS(=O)(=O)c2ccc(C)cc2)c2ccccc2)cc1. The van der Waals surface area contributed by atoms with Crippen molar-refractivity contribution in [2.45, 2.75) is 31.2 Å². The Morgan fingerprint density at radius 1 is 0.971 bits per heavy atom. The van der Waals surface area contributed by atoms with Crippen LogP contribution >= 0.6 is 0 Å². The van der Waals surface area contributed by atoms with Crippen LogP contribution in [0.1, 0.15) is 36.1 Å². The van der Waals surface area contributed by atoms with Gasteiger partial charge in [0.05, 0.1) is 17.2 Å². The Morgan fingerprint density at radius 3 is 2.24 bits per heavy atom. The summed E-state index contributed by atoms with van der Waals surface area (Å²) in [6.07, 6.45) is 1.28. The molecule has 0 saturated heterocycles. The van der Waals surface area contributed by atoms with Crippen molar-refractivity contribution in [2.75, 3.05) is 0 Å². The minimum absolute atomic E-state index is 0.120. The summed E-state index contributed by atoms with van der Waals surface area (Å²) in [6.45, 7) is 3.18. The van der Waals surface area contributed by atoms with Gasteiger partial charge in [0.2, 0.25) is 15.9 Å². The molecule has 9 heteroatoms. The van der Waals surface area contributed by atoms with Crippen LogP contribution in [0.25, 0.3) is 0 Å². The number of carbonyl (C=O) groups is 2. The molecule has 0 fully saturated rings. The Hall–Kier alpha value is -3.82. The number of rotatable bonds is 9. The zero-order valence-electron chi connectivity index (χ0n) is 18.8. The number of benzene rings is 3. The molecular formula is C25H25N3O5S. The molecule has 1 atom stereocenters. The molecule has 0 aliphatic rings. The molecule has 3 rings (SSSR count). The van der Waals surface area contributed by atoms with Crippen molar-refractivity contribution in [1.29, 1.82) is 0 Å². The lowest BCUT2D eigenvalue weighted by molar-refractivity contribution is -0.131. The van der Waals surface area contributed by atoms with Gasteiger partial charge in [-0.1, -0.05) is 48.0 Å². The smallest absolute Gasteiger partial charge is 0.308 e. The van der Waals surface area contributed by atoms with Gasteiger partial charge in [0.1, 0.15) is 5.75 Å². The molecule has 0 unspecified atom stereocenters. The Morgan fingerprint density at radius 2 is 1.62 bits per heavy atom. The van der Waals surface area contributed by atoms with Crippen LogP contribution < -0.4 is 14.9 Å². The van der Waals surface area contributed by atoms with Gasteiger partial charge in [0.25, 0.3) is 0 Å². The number of carbonyl (C=O) groups excluding carboxylic acids is 2. The summed E-state index contributed by atoms with van der Waals surface area (Å²) < 4.78 is 33.4. The van der Waals surface area contributed by atoms with E-state index in [0.717, 1.165) is 5.56 Å². The zero-order valence-corrected chi connectivity index (χ0v) is 19.6. The van der Waals surface area contributed by atoms with E-state index in [-0.39, 0.29) is 11.3 Å². The van der Waals surface area contributed by atoms with Crippen LogP contribution in [0.2, 0.25) is 0 Å². The van der Waals surface area contributed by atoms with Crippen molar-refractivity contribution in [1.82, 2.24) is 10.1 Å². The van der Waals surface area contributed by atoms with Gasteiger partial charge >= 0.3 is 5.97 Å². The second kappa shape index (κ2) is 11.4. The fourth-order valence-corrected chi connectivity index (χ4v) is 4.31. The summed E-state index contributed by atoms with van der Waals surface area (Å²) in [6, 6.07) is 21.1. The molecule has 3 aromatic rings. The van der Waals surface area contributed by atoms with Crippen molar-refractivity contribution in [3.63, 3.8) is 0 Å². The number of hydrogen-bond acceptors (Lipinski definition) is 6. The van der Waals surface area contributed by atoms with Crippen molar-refractivity contribution < 1.29 is 22.7 Å². The molecule has 176 valence electrons. The summed E-state index contributed by atoms with van der Waals surface area (Å²) in [4.78, 5) is 23.6. The summed E-state index contributed by atoms with van der Waals surface area (Å²) in [5.41, 5.74) is 4.69. The molecular weight excluding hydrogens is 454 g/mol. The van der Waals surface area contributed by atoms with E-state index in [9.17, 15) is 18.0 Å². The number of nitrogens with zero attached hydrogens (tertiary/aromatic N) is 1. The van der Waals surface area contributed by atoms with Gasteiger partial charge in [-0.3, -0.25) is 9.59 Å². The average Bonchev–Trinajstić information content (AvgIpc) is 2.80. The van der Waals surface area contributed by atoms with Crippen LogP contribution in [-0.2, 0) is 19.6 Å². The normalized spacial score (nSPS) is 12.3. The fraction of sp³-hybridized carbons (Fsp3) is 0.160. The molecule has 0 aliphatic heterocycles. The van der Waals surface area contributed by atoms with E-state index in [2.05, 4.69) is 15.2 Å². The fourth-order valence-electron chi connectivity index (χ4n) is 3.08. The molecule has 34 heavy (non-hydrogen) atoms. The first kappa shape index (κ1) is 24.8. The molecule has 0 aromatic heterocycles. The van der Waals surface area contributed by atoms with Gasteiger partial charge in [-0.15, -0.1) is 0 Å². The standard InChI is InChI=1S/C25H25N3O5S/c1-18-8-14-23(15-9-18)34(31,32)28-24(21-6-4-3-5-7-21)16-25(30)27-26-17-20-10-12-22(13-11-20)33-19(2)29/h3-15,17,24,28H,16H2,1-2H3,(H,27,30)/b26-17-/t24-/m1/s1. The number of amides is 1. The Kier molecular flexibility index (Phi) is 8.29. The number of hydrogen-bond donors (Lipinski definition) is 2. The predicted molar refractivity (Wildman–Crippen MR) is 129 cm³/mol. The number of sulfonamides is 1. The summed E-state index contributed by atoms with van der Waals surface area (Å²) in [7, 11) is -3.85. The van der Waals surface area contributed by atoms with Crippen LogP contribution in [0.3, 0.4) is 0 Å². The third-order valence-electron chi connectivity index (χ3n) is 4.76. The molecule has 0 radical (unpaired) electrons. The third kappa shape index (κ3) is 7.36. The molecule has 1 amide bonds. The first-order valence-electron chi connectivity index (χ1n) is 10.5. The quantitative estimate of drug-likeness (QED) is 0.211. The van der Waals surface area contributed by atoms with Crippen LogP contribution in [-0.4, -0.2) is 26.5 Å². The number of esters is 1. The van der Waals surface area contributed by atoms with E-state index in [4.69, 9.17) is 4.74 Å². The number of aryl methyl sites for hydroxylation is 1. The van der Waals surface area contributed by atoms with E-state index in [0.29, 0.717) is 16.9 Å². The third-order valence-corrected chi connectivity index (χ3v) is 6.25. The molecule has 0 heterocycles. The second-order valence-electron chi connectivity index (χ2n) is 7.56. The first-order chi connectivity index (χ1) is 16.2. The van der Waals surface area contributed by atoms with E-state index in [1.807, 2.05) is 13.0 Å². The van der Waals surface area contributed by atoms with Gasteiger partial charge < -0.3 is 4.74 Å². The molecule has 2 N–H and O–H groups in total. The molecule has 8 nitrogen and oxygen atoms in total. The highest BCUT2D eigenvalue weighted by Gasteiger charge is 2.23. The molecule has 0 saturated carbocycles. The number of hydrazone groups is 1. The van der Waals surface area contributed by atoms with E-state index in [1.165, 1.54) is 25.3 Å². The minimum Gasteiger partial charge on any atom is -0.427 e. The van der Waals surface area contributed by atoms with Gasteiger partial charge in [-0.05, 0) is 54.4 Å². The van der Waals surface area contributed by atoms with Gasteiger partial charge in [0.15, 0.2) is 0 Å². The highest BCUT2D eigenvalue weighted by Crippen LogP contribution is 2.21. The van der Waals surface area contributed by atoms with Crippen LogP contribution in [0.15, 0.2) is 88.9 Å². The minimum atomic E-state index is -3.85. The summed E-state index contributed by atoms with van der Waals surface area (Å²) in [5.74, 6) is -0.479. The monoisotopic (exact) mass is 479 g/mol. The molecule has 0 spiro atoms. The van der Waals surface area contributed by atoms with Crippen LogP contribution in [0.4, 0.5) is 0 Å². The van der Waals surface area contributed by atoms with Crippen LogP contribution in [0, 0.1) is 6.92 Å². The van der Waals surface area contributed by atoms with Gasteiger partial charge in [-0.2, -0.15) is 5.10 Å².